The lowest BCUT2D eigenvalue weighted by Gasteiger charge is -2.38. The third kappa shape index (κ3) is 3.18. The summed E-state index contributed by atoms with van der Waals surface area (Å²) < 4.78 is 29.5. The van der Waals surface area contributed by atoms with Gasteiger partial charge in [-0.3, -0.25) is 0 Å². The molecule has 0 aliphatic heterocycles. The van der Waals surface area contributed by atoms with Gasteiger partial charge in [0.1, 0.15) is 5.82 Å². The zero-order valence-electron chi connectivity index (χ0n) is 12.2. The second-order valence-corrected chi connectivity index (χ2v) is 7.85. The molecule has 1 fully saturated rings. The van der Waals surface area contributed by atoms with Gasteiger partial charge in [-0.05, 0) is 25.7 Å². The van der Waals surface area contributed by atoms with Crippen molar-refractivity contribution in [2.24, 2.45) is 13.0 Å². The van der Waals surface area contributed by atoms with Crippen LogP contribution < -0.4 is 4.72 Å². The van der Waals surface area contributed by atoms with E-state index in [0.29, 0.717) is 17.6 Å². The number of imidazole rings is 1. The monoisotopic (exact) mass is 319 g/mol. The number of alkyl halides is 1. The van der Waals surface area contributed by atoms with Crippen LogP contribution in [0.5, 0.6) is 0 Å². The van der Waals surface area contributed by atoms with Crippen LogP contribution in [0.3, 0.4) is 0 Å². The molecule has 1 aliphatic rings. The molecule has 1 aromatic heterocycles. The normalized spacial score (nSPS) is 27.7. The third-order valence-electron chi connectivity index (χ3n) is 4.06. The lowest BCUT2D eigenvalue weighted by Crippen LogP contribution is -2.52. The van der Waals surface area contributed by atoms with E-state index in [-0.39, 0.29) is 5.03 Å². The number of hydrogen-bond acceptors (Lipinski definition) is 3. The zero-order valence-corrected chi connectivity index (χ0v) is 13.8. The average molecular weight is 320 g/mol. The molecule has 5 nitrogen and oxygen atoms in total. The van der Waals surface area contributed by atoms with Gasteiger partial charge >= 0.3 is 0 Å². The number of aromatic nitrogens is 2. The Balaban J connectivity index is 2.26. The number of aryl methyl sites for hydroxylation is 2. The minimum Gasteiger partial charge on any atom is -0.337 e. The molecule has 114 valence electrons. The molecular formula is C13H22ClN3O2S. The molecule has 1 aliphatic carbocycles. The Labute approximate surface area is 125 Å². The summed E-state index contributed by atoms with van der Waals surface area (Å²) in [5.74, 6) is 1.44. The third-order valence-corrected chi connectivity index (χ3v) is 6.02. The highest BCUT2D eigenvalue weighted by Crippen LogP contribution is 2.34. The average Bonchev–Trinajstić information content (AvgIpc) is 2.70. The SMILES string of the molecule is Cc1nc(S(=O)(=O)NC2(CCl)CCCC(C)C2)cn1C. The fraction of sp³-hybridized carbons (Fsp3) is 0.769. The molecule has 20 heavy (non-hydrogen) atoms. The van der Waals surface area contributed by atoms with Crippen LogP contribution in [0.15, 0.2) is 11.2 Å². The summed E-state index contributed by atoms with van der Waals surface area (Å²) in [4.78, 5) is 4.10. The van der Waals surface area contributed by atoms with Gasteiger partial charge in [0.05, 0.1) is 0 Å². The Bertz CT molecular complexity index is 565. The Hall–Kier alpha value is -0.590. The van der Waals surface area contributed by atoms with Crippen molar-refractivity contribution in [1.82, 2.24) is 14.3 Å². The predicted molar refractivity (Wildman–Crippen MR) is 79.3 cm³/mol. The van der Waals surface area contributed by atoms with Gasteiger partial charge < -0.3 is 4.57 Å². The van der Waals surface area contributed by atoms with Crippen molar-refractivity contribution >= 4 is 21.6 Å². The van der Waals surface area contributed by atoms with E-state index in [1.807, 2.05) is 0 Å². The van der Waals surface area contributed by atoms with E-state index >= 15 is 0 Å². The summed E-state index contributed by atoms with van der Waals surface area (Å²) in [5, 5.41) is 0.0696. The van der Waals surface area contributed by atoms with Crippen molar-refractivity contribution in [1.29, 1.82) is 0 Å². The summed E-state index contributed by atoms with van der Waals surface area (Å²) in [7, 11) is -1.84. The summed E-state index contributed by atoms with van der Waals surface area (Å²) in [6, 6.07) is 0. The van der Waals surface area contributed by atoms with E-state index in [1.165, 1.54) is 6.20 Å². The Morgan fingerprint density at radius 2 is 2.30 bits per heavy atom. The molecule has 2 atom stereocenters. The highest BCUT2D eigenvalue weighted by Gasteiger charge is 2.38. The van der Waals surface area contributed by atoms with Gasteiger partial charge in [-0.1, -0.05) is 19.8 Å². The molecule has 2 rings (SSSR count). The number of rotatable bonds is 4. The van der Waals surface area contributed by atoms with E-state index in [1.54, 1.807) is 18.5 Å². The Kier molecular flexibility index (Phi) is 4.47. The van der Waals surface area contributed by atoms with Gasteiger partial charge in [-0.2, -0.15) is 0 Å². The first-order valence-corrected chi connectivity index (χ1v) is 8.90. The second-order valence-electron chi connectivity index (χ2n) is 5.96. The maximum atomic E-state index is 12.5. The van der Waals surface area contributed by atoms with Gasteiger partial charge in [0.2, 0.25) is 0 Å². The van der Waals surface area contributed by atoms with Crippen LogP contribution >= 0.6 is 11.6 Å². The van der Waals surface area contributed by atoms with Crippen molar-refractivity contribution in [3.8, 4) is 0 Å². The van der Waals surface area contributed by atoms with Crippen LogP contribution in [0.2, 0.25) is 0 Å². The van der Waals surface area contributed by atoms with E-state index in [4.69, 9.17) is 11.6 Å². The van der Waals surface area contributed by atoms with Gasteiger partial charge in [0.25, 0.3) is 10.0 Å². The minimum atomic E-state index is -3.62. The van der Waals surface area contributed by atoms with Crippen LogP contribution in [-0.2, 0) is 17.1 Å². The smallest absolute Gasteiger partial charge is 0.260 e. The molecule has 0 amide bonds. The molecule has 0 saturated heterocycles. The molecule has 1 saturated carbocycles. The fourth-order valence-corrected chi connectivity index (χ4v) is 4.76. The highest BCUT2D eigenvalue weighted by atomic mass is 35.5. The quantitative estimate of drug-likeness (QED) is 0.865. The van der Waals surface area contributed by atoms with Crippen LogP contribution in [0.4, 0.5) is 0 Å². The van der Waals surface area contributed by atoms with Crippen molar-refractivity contribution in [2.75, 3.05) is 5.88 Å². The number of hydrogen-bond donors (Lipinski definition) is 1. The van der Waals surface area contributed by atoms with Crippen molar-refractivity contribution < 1.29 is 8.42 Å². The predicted octanol–water partition coefficient (Wildman–Crippen LogP) is 2.19. The molecule has 0 bridgehead atoms. The maximum absolute atomic E-state index is 12.5. The minimum absolute atomic E-state index is 0.0696. The fourth-order valence-electron chi connectivity index (χ4n) is 2.89. The maximum Gasteiger partial charge on any atom is 0.260 e. The molecular weight excluding hydrogens is 298 g/mol. The van der Waals surface area contributed by atoms with E-state index in [0.717, 1.165) is 25.7 Å². The summed E-state index contributed by atoms with van der Waals surface area (Å²) in [6.07, 6.45) is 5.22. The summed E-state index contributed by atoms with van der Waals surface area (Å²) in [5.41, 5.74) is -0.538. The molecule has 2 unspecified atom stereocenters. The molecule has 0 radical (unpaired) electrons. The van der Waals surface area contributed by atoms with Crippen molar-refractivity contribution in [2.45, 2.75) is 50.1 Å². The van der Waals surface area contributed by atoms with E-state index < -0.39 is 15.6 Å². The first kappa shape index (κ1) is 15.8. The first-order valence-electron chi connectivity index (χ1n) is 6.88. The lowest BCUT2D eigenvalue weighted by molar-refractivity contribution is 0.239. The van der Waals surface area contributed by atoms with Gasteiger partial charge in [-0.15, -0.1) is 11.6 Å². The number of nitrogens with one attached hydrogen (secondary N) is 1. The van der Waals surface area contributed by atoms with Gasteiger partial charge in [-0.25, -0.2) is 18.1 Å². The number of sulfonamides is 1. The largest absolute Gasteiger partial charge is 0.337 e. The zero-order chi connectivity index (χ0) is 15.0. The Morgan fingerprint density at radius 3 is 2.80 bits per heavy atom. The van der Waals surface area contributed by atoms with Crippen molar-refractivity contribution in [3.63, 3.8) is 0 Å². The Morgan fingerprint density at radius 1 is 1.60 bits per heavy atom. The molecule has 0 aromatic carbocycles. The molecule has 1 heterocycles. The number of halogens is 1. The molecule has 0 spiro atoms. The van der Waals surface area contributed by atoms with Crippen LogP contribution in [0, 0.1) is 12.8 Å². The molecule has 7 heteroatoms. The summed E-state index contributed by atoms with van der Waals surface area (Å²) >= 11 is 6.08. The number of nitrogens with zero attached hydrogens (tertiary/aromatic N) is 2. The van der Waals surface area contributed by atoms with E-state index in [9.17, 15) is 8.42 Å². The lowest BCUT2D eigenvalue weighted by atomic mass is 9.78. The standard InChI is InChI=1S/C13H22ClN3O2S/c1-10-5-4-6-13(7-10,9-14)16-20(18,19)12-8-17(3)11(2)15-12/h8,10,16H,4-7,9H2,1-3H3. The summed E-state index contributed by atoms with van der Waals surface area (Å²) in [6.45, 7) is 3.92. The molecule has 1 N–H and O–H groups in total. The van der Waals surface area contributed by atoms with E-state index in [2.05, 4.69) is 16.6 Å². The van der Waals surface area contributed by atoms with Gasteiger partial charge in [0, 0.05) is 24.7 Å². The first-order chi connectivity index (χ1) is 9.28. The second kappa shape index (κ2) is 5.66. The topological polar surface area (TPSA) is 64.0 Å². The van der Waals surface area contributed by atoms with Gasteiger partial charge in [0.15, 0.2) is 5.03 Å². The highest BCUT2D eigenvalue weighted by molar-refractivity contribution is 7.89. The van der Waals surface area contributed by atoms with Crippen LogP contribution in [-0.4, -0.2) is 29.4 Å². The van der Waals surface area contributed by atoms with Crippen LogP contribution in [0.25, 0.3) is 0 Å². The molecule has 1 aromatic rings. The van der Waals surface area contributed by atoms with Crippen LogP contribution in [0.1, 0.15) is 38.4 Å². The van der Waals surface area contributed by atoms with Crippen molar-refractivity contribution in [3.05, 3.63) is 12.0 Å².